The molecule has 0 aliphatic heterocycles. The van der Waals surface area contributed by atoms with Crippen molar-refractivity contribution in [3.63, 3.8) is 0 Å². The van der Waals surface area contributed by atoms with Gasteiger partial charge >= 0.3 is 0 Å². The van der Waals surface area contributed by atoms with E-state index in [2.05, 4.69) is 12.2 Å². The van der Waals surface area contributed by atoms with Crippen LogP contribution in [0.5, 0.6) is 5.75 Å². The fraction of sp³-hybridized carbons (Fsp3) is 0.533. The first kappa shape index (κ1) is 15.8. The van der Waals surface area contributed by atoms with Crippen LogP contribution < -0.4 is 10.1 Å². The molecule has 1 unspecified atom stereocenters. The van der Waals surface area contributed by atoms with Crippen LogP contribution in [-0.2, 0) is 4.79 Å². The number of alkyl halides is 1. The van der Waals surface area contributed by atoms with Crippen molar-refractivity contribution in [2.45, 2.75) is 26.7 Å². The number of hydrogen-bond donors (Lipinski definition) is 1. The highest BCUT2D eigenvalue weighted by Gasteiger charge is 2.05. The highest BCUT2D eigenvalue weighted by atomic mass is 35.5. The molecule has 0 aliphatic carbocycles. The Kier molecular flexibility index (Phi) is 7.34. The topological polar surface area (TPSA) is 38.3 Å². The van der Waals surface area contributed by atoms with Crippen LogP contribution in [-0.4, -0.2) is 24.9 Å². The minimum absolute atomic E-state index is 0.0223. The first-order valence-corrected chi connectivity index (χ1v) is 7.17. The molecule has 1 aromatic rings. The van der Waals surface area contributed by atoms with E-state index in [0.29, 0.717) is 31.4 Å². The molecular weight excluding hydrogens is 262 g/mol. The van der Waals surface area contributed by atoms with Gasteiger partial charge in [-0.1, -0.05) is 19.1 Å². The lowest BCUT2D eigenvalue weighted by Gasteiger charge is -2.11. The highest BCUT2D eigenvalue weighted by Crippen LogP contribution is 2.12. The van der Waals surface area contributed by atoms with Crippen LogP contribution in [0.1, 0.15) is 25.3 Å². The van der Waals surface area contributed by atoms with Crippen molar-refractivity contribution >= 4 is 17.5 Å². The van der Waals surface area contributed by atoms with Gasteiger partial charge in [-0.2, -0.15) is 0 Å². The molecule has 4 heteroatoms. The number of carbonyl (C=O) groups is 1. The van der Waals surface area contributed by atoms with Crippen LogP contribution >= 0.6 is 11.6 Å². The first-order chi connectivity index (χ1) is 9.11. The summed E-state index contributed by atoms with van der Waals surface area (Å²) >= 11 is 5.64. The van der Waals surface area contributed by atoms with E-state index in [0.717, 1.165) is 17.7 Å². The number of hydrogen-bond acceptors (Lipinski definition) is 2. The Labute approximate surface area is 120 Å². The number of ether oxygens (including phenoxy) is 1. The maximum Gasteiger partial charge on any atom is 0.223 e. The SMILES string of the molecule is Cc1cccc(OCCC(=O)NCC(C)CCCl)c1. The van der Waals surface area contributed by atoms with E-state index in [1.165, 1.54) is 0 Å². The van der Waals surface area contributed by atoms with E-state index in [-0.39, 0.29) is 5.91 Å². The molecule has 0 heterocycles. The summed E-state index contributed by atoms with van der Waals surface area (Å²) in [5.41, 5.74) is 1.15. The first-order valence-electron chi connectivity index (χ1n) is 6.64. The summed E-state index contributed by atoms with van der Waals surface area (Å²) in [6.45, 7) is 5.17. The van der Waals surface area contributed by atoms with Crippen LogP contribution in [0.3, 0.4) is 0 Å². The Balaban J connectivity index is 2.17. The molecule has 106 valence electrons. The van der Waals surface area contributed by atoms with Crippen LogP contribution in [0.25, 0.3) is 0 Å². The third kappa shape index (κ3) is 7.06. The molecule has 0 aliphatic rings. The molecule has 3 nitrogen and oxygen atoms in total. The number of amides is 1. The van der Waals surface area contributed by atoms with Crippen molar-refractivity contribution in [2.75, 3.05) is 19.0 Å². The molecule has 0 saturated heterocycles. The average molecular weight is 284 g/mol. The van der Waals surface area contributed by atoms with E-state index in [9.17, 15) is 4.79 Å². The molecule has 1 amide bonds. The van der Waals surface area contributed by atoms with E-state index < -0.39 is 0 Å². The zero-order chi connectivity index (χ0) is 14.1. The second-order valence-electron chi connectivity index (χ2n) is 4.80. The van der Waals surface area contributed by atoms with Crippen LogP contribution in [0.2, 0.25) is 0 Å². The number of aryl methyl sites for hydroxylation is 1. The smallest absolute Gasteiger partial charge is 0.223 e. The van der Waals surface area contributed by atoms with Crippen LogP contribution in [0, 0.1) is 12.8 Å². The predicted octanol–water partition coefficient (Wildman–Crippen LogP) is 3.15. The summed E-state index contributed by atoms with van der Waals surface area (Å²) < 4.78 is 5.53. The van der Waals surface area contributed by atoms with Crippen molar-refractivity contribution in [1.29, 1.82) is 0 Å². The number of nitrogens with one attached hydrogen (secondary N) is 1. The summed E-state index contributed by atoms with van der Waals surface area (Å²) in [5.74, 6) is 1.88. The lowest BCUT2D eigenvalue weighted by Crippen LogP contribution is -2.29. The van der Waals surface area contributed by atoms with E-state index in [1.54, 1.807) is 0 Å². The Morgan fingerprint density at radius 3 is 2.95 bits per heavy atom. The van der Waals surface area contributed by atoms with E-state index >= 15 is 0 Å². The monoisotopic (exact) mass is 283 g/mol. The molecule has 1 rings (SSSR count). The van der Waals surface area contributed by atoms with Crippen molar-refractivity contribution < 1.29 is 9.53 Å². The van der Waals surface area contributed by atoms with Crippen LogP contribution in [0.15, 0.2) is 24.3 Å². The Bertz CT molecular complexity index is 395. The fourth-order valence-electron chi connectivity index (χ4n) is 1.63. The van der Waals surface area contributed by atoms with Crippen LogP contribution in [0.4, 0.5) is 0 Å². The Hall–Kier alpha value is -1.22. The second-order valence-corrected chi connectivity index (χ2v) is 5.18. The van der Waals surface area contributed by atoms with Crippen molar-refractivity contribution in [2.24, 2.45) is 5.92 Å². The zero-order valence-electron chi connectivity index (χ0n) is 11.6. The zero-order valence-corrected chi connectivity index (χ0v) is 12.4. The molecule has 1 N–H and O–H groups in total. The summed E-state index contributed by atoms with van der Waals surface area (Å²) in [6, 6.07) is 7.81. The largest absolute Gasteiger partial charge is 0.493 e. The van der Waals surface area contributed by atoms with Crippen molar-refractivity contribution in [3.05, 3.63) is 29.8 Å². The van der Waals surface area contributed by atoms with E-state index in [1.807, 2.05) is 31.2 Å². The van der Waals surface area contributed by atoms with E-state index in [4.69, 9.17) is 16.3 Å². The summed E-state index contributed by atoms with van der Waals surface area (Å²) in [4.78, 5) is 11.6. The van der Waals surface area contributed by atoms with Gasteiger partial charge in [0.15, 0.2) is 0 Å². The molecule has 0 radical (unpaired) electrons. The average Bonchev–Trinajstić information content (AvgIpc) is 2.37. The van der Waals surface area contributed by atoms with Gasteiger partial charge in [-0.3, -0.25) is 4.79 Å². The summed E-state index contributed by atoms with van der Waals surface area (Å²) in [5, 5.41) is 2.89. The Morgan fingerprint density at radius 1 is 1.47 bits per heavy atom. The minimum atomic E-state index is 0.0223. The van der Waals surface area contributed by atoms with Crippen molar-refractivity contribution in [3.8, 4) is 5.75 Å². The molecule has 19 heavy (non-hydrogen) atoms. The van der Waals surface area contributed by atoms with Gasteiger partial charge in [0.2, 0.25) is 5.91 Å². The molecule has 1 atom stereocenters. The van der Waals surface area contributed by atoms with Crippen molar-refractivity contribution in [1.82, 2.24) is 5.32 Å². The predicted molar refractivity (Wildman–Crippen MR) is 78.8 cm³/mol. The van der Waals surface area contributed by atoms with Gasteiger partial charge in [-0.25, -0.2) is 0 Å². The molecule has 0 bridgehead atoms. The summed E-state index contributed by atoms with van der Waals surface area (Å²) in [6.07, 6.45) is 1.29. The maximum absolute atomic E-state index is 11.6. The quantitative estimate of drug-likeness (QED) is 0.745. The lowest BCUT2D eigenvalue weighted by atomic mass is 10.1. The van der Waals surface area contributed by atoms with Gasteiger partial charge in [0.1, 0.15) is 5.75 Å². The molecule has 0 aromatic heterocycles. The third-order valence-corrected chi connectivity index (χ3v) is 3.06. The molecular formula is C15H22ClNO2. The molecule has 0 spiro atoms. The van der Waals surface area contributed by atoms with Gasteiger partial charge < -0.3 is 10.1 Å². The number of halogens is 1. The van der Waals surface area contributed by atoms with Gasteiger partial charge in [0.25, 0.3) is 0 Å². The minimum Gasteiger partial charge on any atom is -0.493 e. The van der Waals surface area contributed by atoms with Gasteiger partial charge in [-0.15, -0.1) is 11.6 Å². The maximum atomic E-state index is 11.6. The lowest BCUT2D eigenvalue weighted by molar-refractivity contribution is -0.121. The highest BCUT2D eigenvalue weighted by molar-refractivity contribution is 6.17. The molecule has 0 saturated carbocycles. The number of benzene rings is 1. The number of carbonyl (C=O) groups excluding carboxylic acids is 1. The summed E-state index contributed by atoms with van der Waals surface area (Å²) in [7, 11) is 0. The fourth-order valence-corrected chi connectivity index (χ4v) is 2.00. The third-order valence-electron chi connectivity index (χ3n) is 2.84. The Morgan fingerprint density at radius 2 is 2.26 bits per heavy atom. The normalized spacial score (nSPS) is 11.9. The van der Waals surface area contributed by atoms with Gasteiger partial charge in [-0.05, 0) is 37.0 Å². The second kappa shape index (κ2) is 8.81. The molecule has 1 aromatic carbocycles. The van der Waals surface area contributed by atoms with Gasteiger partial charge in [0.05, 0.1) is 13.0 Å². The molecule has 0 fully saturated rings. The van der Waals surface area contributed by atoms with Gasteiger partial charge in [0, 0.05) is 12.4 Å². The standard InChI is InChI=1S/C15H22ClNO2/c1-12-4-3-5-14(10-12)19-9-7-15(18)17-11-13(2)6-8-16/h3-5,10,13H,6-9,11H2,1-2H3,(H,17,18). The number of rotatable bonds is 8.